The van der Waals surface area contributed by atoms with E-state index >= 15 is 0 Å². The Balaban J connectivity index is 2.88. The highest BCUT2D eigenvalue weighted by molar-refractivity contribution is 7.47. The predicted molar refractivity (Wildman–Crippen MR) is 89.7 cm³/mol. The van der Waals surface area contributed by atoms with Gasteiger partial charge in [0.05, 0.1) is 46.7 Å². The Morgan fingerprint density at radius 2 is 1.61 bits per heavy atom. The number of phosphoric ester groups is 1. The molecule has 0 aliphatic rings. The molecule has 0 bridgehead atoms. The number of nitro benzene ring substituents is 3. The third kappa shape index (κ3) is 6.76. The third-order valence-corrected chi connectivity index (χ3v) is 3.97. The van der Waals surface area contributed by atoms with Crippen LogP contribution in [-0.2, 0) is 13.6 Å². The number of hydrogen-bond acceptors (Lipinski definition) is 12. The van der Waals surface area contributed by atoms with Gasteiger partial charge in [0, 0.05) is 6.54 Å². The van der Waals surface area contributed by atoms with Crippen molar-refractivity contribution in [3.8, 4) is 0 Å². The Morgan fingerprint density at radius 1 is 1.07 bits per heavy atom. The smallest absolute Gasteiger partial charge is 0.394 e. The highest BCUT2D eigenvalue weighted by Crippen LogP contribution is 2.43. The average Bonchev–Trinajstić information content (AvgIpc) is 2.62. The van der Waals surface area contributed by atoms with Crippen molar-refractivity contribution < 1.29 is 43.5 Å². The first-order valence-corrected chi connectivity index (χ1v) is 8.74. The molecule has 0 fully saturated rings. The number of aliphatic hydroxyl groups is 2. The third-order valence-electron chi connectivity index (χ3n) is 2.98. The molecule has 156 valence electrons. The first-order chi connectivity index (χ1) is 13.0. The first kappa shape index (κ1) is 23.3. The summed E-state index contributed by atoms with van der Waals surface area (Å²) < 4.78 is 20.4. The van der Waals surface area contributed by atoms with E-state index in [1.807, 2.05) is 0 Å². The maximum Gasteiger partial charge on any atom is 0.472 e. The minimum absolute atomic E-state index is 0.448. The van der Waals surface area contributed by atoms with E-state index < -0.39 is 77.8 Å². The molecule has 16 nitrogen and oxygen atoms in total. The number of phosphoric acid groups is 1. The molecule has 0 amide bonds. The molecule has 0 aliphatic heterocycles. The van der Waals surface area contributed by atoms with Gasteiger partial charge in [0.15, 0.2) is 5.69 Å². The maximum absolute atomic E-state index is 11.5. The highest BCUT2D eigenvalue weighted by Gasteiger charge is 2.30. The second-order valence-electron chi connectivity index (χ2n) is 4.99. The first-order valence-electron chi connectivity index (χ1n) is 7.24. The summed E-state index contributed by atoms with van der Waals surface area (Å²) in [6.07, 6.45) is -1.42. The van der Waals surface area contributed by atoms with Gasteiger partial charge in [-0.1, -0.05) is 0 Å². The summed E-state index contributed by atoms with van der Waals surface area (Å²) in [5.74, 6) is 0. The molecule has 4 N–H and O–H groups in total. The monoisotopic (exact) mass is 426 g/mol. The van der Waals surface area contributed by atoms with E-state index in [0.29, 0.717) is 12.1 Å². The normalized spacial score (nSPS) is 14.1. The summed E-state index contributed by atoms with van der Waals surface area (Å²) in [4.78, 5) is 39.1. The Kier molecular flexibility index (Phi) is 8.30. The summed E-state index contributed by atoms with van der Waals surface area (Å²) >= 11 is 0. The number of anilines is 1. The van der Waals surface area contributed by atoms with Gasteiger partial charge in [-0.2, -0.15) is 0 Å². The standard InChI is InChI=1S/C11H15N4O12P/c16-5-8(17)6-27-28(24,25)26-2-1-12-11-9(14(20)21)3-7(13(18)19)4-10(11)15(22)23/h3-4,8,12,16-17H,1-2,5-6H2,(H,24,25). The van der Waals surface area contributed by atoms with E-state index in [2.05, 4.69) is 14.4 Å². The number of benzene rings is 1. The fraction of sp³-hybridized carbons (Fsp3) is 0.455. The molecule has 0 aromatic heterocycles. The number of non-ortho nitro benzene ring substituents is 1. The fourth-order valence-electron chi connectivity index (χ4n) is 1.78. The van der Waals surface area contributed by atoms with E-state index in [1.165, 1.54) is 0 Å². The quantitative estimate of drug-likeness (QED) is 0.152. The Hall–Kier alpha value is -2.75. The summed E-state index contributed by atoms with van der Waals surface area (Å²) in [5.41, 5.74) is -3.42. The molecule has 1 aromatic carbocycles. The summed E-state index contributed by atoms with van der Waals surface area (Å²) in [6.45, 7) is -2.50. The molecule has 2 unspecified atom stereocenters. The van der Waals surface area contributed by atoms with Crippen molar-refractivity contribution in [1.29, 1.82) is 0 Å². The van der Waals surface area contributed by atoms with Gasteiger partial charge in [0.25, 0.3) is 5.69 Å². The van der Waals surface area contributed by atoms with Crippen molar-refractivity contribution in [1.82, 2.24) is 0 Å². The lowest BCUT2D eigenvalue weighted by Gasteiger charge is -2.14. The molecule has 1 rings (SSSR count). The molecule has 28 heavy (non-hydrogen) atoms. The van der Waals surface area contributed by atoms with Crippen molar-refractivity contribution >= 4 is 30.6 Å². The van der Waals surface area contributed by atoms with Crippen LogP contribution in [0.2, 0.25) is 0 Å². The van der Waals surface area contributed by atoms with Crippen LogP contribution >= 0.6 is 7.82 Å². The zero-order chi connectivity index (χ0) is 21.5. The topological polar surface area (TPSA) is 238 Å². The molecule has 0 aliphatic carbocycles. The van der Waals surface area contributed by atoms with Crippen molar-refractivity contribution in [3.63, 3.8) is 0 Å². The summed E-state index contributed by atoms with van der Waals surface area (Å²) in [7, 11) is -4.63. The maximum atomic E-state index is 11.5. The van der Waals surface area contributed by atoms with Gasteiger partial charge in [0.2, 0.25) is 0 Å². The van der Waals surface area contributed by atoms with Crippen LogP contribution in [0.3, 0.4) is 0 Å². The molecular formula is C11H15N4O12P. The van der Waals surface area contributed by atoms with Crippen molar-refractivity contribution in [2.75, 3.05) is 31.7 Å². The van der Waals surface area contributed by atoms with Gasteiger partial charge in [-0.15, -0.1) is 0 Å². The van der Waals surface area contributed by atoms with E-state index in [0.717, 1.165) is 0 Å². The molecule has 0 heterocycles. The van der Waals surface area contributed by atoms with Gasteiger partial charge in [-0.05, 0) is 0 Å². The van der Waals surface area contributed by atoms with Gasteiger partial charge in [0.1, 0.15) is 6.10 Å². The molecule has 0 saturated heterocycles. The Labute approximate surface area is 155 Å². The number of rotatable bonds is 12. The number of aliphatic hydroxyl groups excluding tert-OH is 2. The van der Waals surface area contributed by atoms with Crippen LogP contribution in [0.4, 0.5) is 22.7 Å². The largest absolute Gasteiger partial charge is 0.472 e. The van der Waals surface area contributed by atoms with Gasteiger partial charge in [-0.25, -0.2) is 4.57 Å². The molecule has 0 radical (unpaired) electrons. The van der Waals surface area contributed by atoms with Crippen LogP contribution in [0.5, 0.6) is 0 Å². The van der Waals surface area contributed by atoms with E-state index in [1.54, 1.807) is 0 Å². The predicted octanol–water partition coefficient (Wildman–Crippen LogP) is 0.310. The summed E-state index contributed by atoms with van der Waals surface area (Å²) in [5, 5.41) is 52.8. The molecule has 1 aromatic rings. The lowest BCUT2D eigenvalue weighted by atomic mass is 10.2. The molecule has 0 saturated carbocycles. The fourth-order valence-corrected chi connectivity index (χ4v) is 2.54. The van der Waals surface area contributed by atoms with E-state index in [-0.39, 0.29) is 0 Å². The summed E-state index contributed by atoms with van der Waals surface area (Å²) in [6, 6.07) is 1.04. The average molecular weight is 426 g/mol. The second-order valence-corrected chi connectivity index (χ2v) is 6.44. The lowest BCUT2D eigenvalue weighted by Crippen LogP contribution is -2.19. The van der Waals surface area contributed by atoms with Gasteiger partial charge < -0.3 is 20.4 Å². The van der Waals surface area contributed by atoms with Crippen LogP contribution < -0.4 is 5.32 Å². The number of hydrogen-bond donors (Lipinski definition) is 4. The van der Waals surface area contributed by atoms with Gasteiger partial charge >= 0.3 is 19.2 Å². The van der Waals surface area contributed by atoms with Crippen LogP contribution in [0, 0.1) is 30.3 Å². The van der Waals surface area contributed by atoms with Crippen LogP contribution in [0.1, 0.15) is 0 Å². The van der Waals surface area contributed by atoms with Crippen LogP contribution in [0.25, 0.3) is 0 Å². The van der Waals surface area contributed by atoms with Gasteiger partial charge in [-0.3, -0.25) is 39.4 Å². The van der Waals surface area contributed by atoms with Crippen LogP contribution in [-0.4, -0.2) is 62.3 Å². The zero-order valence-corrected chi connectivity index (χ0v) is 14.8. The van der Waals surface area contributed by atoms with Crippen molar-refractivity contribution in [2.45, 2.75) is 6.10 Å². The number of nitrogens with zero attached hydrogens (tertiary/aromatic N) is 3. The Morgan fingerprint density at radius 3 is 2.04 bits per heavy atom. The SMILES string of the molecule is O=[N+]([O-])c1cc([N+](=O)[O-])c(NCCOP(=O)(O)OCC(O)CO)c([N+](=O)[O-])c1. The number of nitro groups is 3. The molecular weight excluding hydrogens is 411 g/mol. The lowest BCUT2D eigenvalue weighted by molar-refractivity contribution is -0.401. The number of nitrogens with one attached hydrogen (secondary N) is 1. The second kappa shape index (κ2) is 9.98. The minimum atomic E-state index is -4.63. The minimum Gasteiger partial charge on any atom is -0.394 e. The molecule has 2 atom stereocenters. The van der Waals surface area contributed by atoms with Crippen molar-refractivity contribution in [2.24, 2.45) is 0 Å². The van der Waals surface area contributed by atoms with Crippen molar-refractivity contribution in [3.05, 3.63) is 42.5 Å². The molecule has 0 spiro atoms. The van der Waals surface area contributed by atoms with Crippen LogP contribution in [0.15, 0.2) is 12.1 Å². The van der Waals surface area contributed by atoms with E-state index in [4.69, 9.17) is 10.2 Å². The molecule has 17 heteroatoms. The zero-order valence-electron chi connectivity index (χ0n) is 13.9. The van der Waals surface area contributed by atoms with E-state index in [9.17, 15) is 39.8 Å². The highest BCUT2D eigenvalue weighted by atomic mass is 31.2. The Bertz CT molecular complexity index is 767.